The highest BCUT2D eigenvalue weighted by atomic mass is 35.5. The summed E-state index contributed by atoms with van der Waals surface area (Å²) in [5.74, 6) is -0.409. The molecule has 0 saturated carbocycles. The number of amides is 1. The molecule has 0 radical (unpaired) electrons. The van der Waals surface area contributed by atoms with Gasteiger partial charge >= 0.3 is 0 Å². The molecule has 0 aromatic heterocycles. The lowest BCUT2D eigenvalue weighted by molar-refractivity contribution is 0.0955. The highest BCUT2D eigenvalue weighted by Gasteiger charge is 2.18. The van der Waals surface area contributed by atoms with E-state index < -0.39 is 15.9 Å². The van der Waals surface area contributed by atoms with Crippen molar-refractivity contribution in [1.82, 2.24) is 5.43 Å². The molecule has 0 aliphatic carbocycles. The average Bonchev–Trinajstić information content (AvgIpc) is 2.72. The maximum atomic E-state index is 12.3. The monoisotopic (exact) mass is 441 g/mol. The van der Waals surface area contributed by atoms with Gasteiger partial charge in [0.05, 0.1) is 24.7 Å². The van der Waals surface area contributed by atoms with Gasteiger partial charge in [-0.1, -0.05) is 54.1 Å². The Balaban J connectivity index is 1.71. The average molecular weight is 442 g/mol. The lowest BCUT2D eigenvalue weighted by Crippen LogP contribution is -2.29. The minimum Gasteiger partial charge on any atom is -0.267 e. The Kier molecular flexibility index (Phi) is 6.87. The zero-order chi connectivity index (χ0) is 21.6. The molecule has 0 unspecified atom stereocenters. The van der Waals surface area contributed by atoms with Gasteiger partial charge in [0, 0.05) is 10.6 Å². The summed E-state index contributed by atoms with van der Waals surface area (Å²) in [6.07, 6.45) is 2.64. The summed E-state index contributed by atoms with van der Waals surface area (Å²) in [6.45, 7) is 0.204. The van der Waals surface area contributed by atoms with Crippen molar-refractivity contribution < 1.29 is 13.2 Å². The van der Waals surface area contributed by atoms with Crippen molar-refractivity contribution in [2.24, 2.45) is 5.10 Å². The van der Waals surface area contributed by atoms with E-state index in [0.717, 1.165) is 17.4 Å². The Labute approximate surface area is 180 Å². The molecule has 0 atom stereocenters. The van der Waals surface area contributed by atoms with Crippen molar-refractivity contribution >= 4 is 39.4 Å². The van der Waals surface area contributed by atoms with Crippen LogP contribution in [-0.4, -0.2) is 26.8 Å². The van der Waals surface area contributed by atoms with Crippen molar-refractivity contribution in [2.45, 2.75) is 6.54 Å². The molecule has 0 aliphatic heterocycles. The van der Waals surface area contributed by atoms with E-state index in [-0.39, 0.29) is 6.54 Å². The molecule has 1 N–H and O–H groups in total. The first-order valence-corrected chi connectivity index (χ1v) is 11.3. The van der Waals surface area contributed by atoms with Gasteiger partial charge in [0.2, 0.25) is 10.0 Å². The number of rotatable bonds is 7. The van der Waals surface area contributed by atoms with Crippen LogP contribution in [0.3, 0.4) is 0 Å². The molecule has 3 rings (SSSR count). The fraction of sp³-hybridized carbons (Fsp3) is 0.0909. The molecule has 0 heterocycles. The smallest absolute Gasteiger partial charge is 0.267 e. The molecular formula is C22H20ClN3O3S. The van der Waals surface area contributed by atoms with Crippen LogP contribution in [0, 0.1) is 0 Å². The quantitative estimate of drug-likeness (QED) is 0.443. The van der Waals surface area contributed by atoms with Crippen LogP contribution < -0.4 is 9.73 Å². The number of sulfonamides is 1. The number of hydrogen-bond acceptors (Lipinski definition) is 4. The highest BCUT2D eigenvalue weighted by molar-refractivity contribution is 7.92. The standard InChI is InChI=1S/C22H20ClN3O3S/c1-30(28,29)26(16-17-6-3-2-4-7-17)21-12-10-19(11-13-21)22(27)25-24-15-18-8-5-9-20(23)14-18/h2-15H,16H2,1H3,(H,25,27). The van der Waals surface area contributed by atoms with Crippen LogP contribution in [0.25, 0.3) is 0 Å². The van der Waals surface area contributed by atoms with Crippen LogP contribution in [0.15, 0.2) is 84.0 Å². The van der Waals surface area contributed by atoms with E-state index >= 15 is 0 Å². The van der Waals surface area contributed by atoms with Crippen molar-refractivity contribution in [2.75, 3.05) is 10.6 Å². The molecule has 1 amide bonds. The van der Waals surface area contributed by atoms with Gasteiger partial charge in [-0.2, -0.15) is 5.10 Å². The van der Waals surface area contributed by atoms with Gasteiger partial charge in [-0.05, 0) is 47.5 Å². The summed E-state index contributed by atoms with van der Waals surface area (Å²) in [5.41, 5.74) is 4.88. The van der Waals surface area contributed by atoms with Gasteiger partial charge in [0.1, 0.15) is 0 Å². The van der Waals surface area contributed by atoms with Crippen molar-refractivity contribution in [3.05, 3.63) is 101 Å². The molecule has 0 saturated heterocycles. The van der Waals surface area contributed by atoms with E-state index in [2.05, 4.69) is 10.5 Å². The van der Waals surface area contributed by atoms with Crippen molar-refractivity contribution in [3.8, 4) is 0 Å². The third kappa shape index (κ3) is 5.92. The predicted octanol–water partition coefficient (Wildman–Crippen LogP) is 4.07. The molecule has 0 bridgehead atoms. The third-order valence-corrected chi connectivity index (χ3v) is 5.59. The zero-order valence-electron chi connectivity index (χ0n) is 16.2. The Bertz CT molecular complexity index is 1150. The molecule has 0 spiro atoms. The number of carbonyl (C=O) groups excluding carboxylic acids is 1. The number of benzene rings is 3. The van der Waals surface area contributed by atoms with E-state index in [9.17, 15) is 13.2 Å². The number of carbonyl (C=O) groups is 1. The van der Waals surface area contributed by atoms with Crippen molar-refractivity contribution in [3.63, 3.8) is 0 Å². The molecule has 3 aromatic rings. The minimum atomic E-state index is -3.50. The topological polar surface area (TPSA) is 78.8 Å². The molecule has 0 aliphatic rings. The normalized spacial score (nSPS) is 11.4. The summed E-state index contributed by atoms with van der Waals surface area (Å²) in [7, 11) is -3.50. The van der Waals surface area contributed by atoms with Gasteiger partial charge in [0.15, 0.2) is 0 Å². The number of nitrogens with one attached hydrogen (secondary N) is 1. The highest BCUT2D eigenvalue weighted by Crippen LogP contribution is 2.21. The summed E-state index contributed by atoms with van der Waals surface area (Å²) in [5, 5.41) is 4.50. The number of nitrogens with zero attached hydrogens (tertiary/aromatic N) is 2. The molecule has 6 nitrogen and oxygen atoms in total. The second-order valence-electron chi connectivity index (χ2n) is 6.56. The minimum absolute atomic E-state index is 0.204. The first-order chi connectivity index (χ1) is 14.3. The second kappa shape index (κ2) is 9.56. The van der Waals surface area contributed by atoms with Gasteiger partial charge < -0.3 is 0 Å². The van der Waals surface area contributed by atoms with E-state index in [0.29, 0.717) is 16.3 Å². The maximum absolute atomic E-state index is 12.3. The fourth-order valence-electron chi connectivity index (χ4n) is 2.75. The van der Waals surface area contributed by atoms with Gasteiger partial charge in [-0.15, -0.1) is 0 Å². The van der Waals surface area contributed by atoms with Crippen LogP contribution in [0.2, 0.25) is 5.02 Å². The Morgan fingerprint density at radius 3 is 2.37 bits per heavy atom. The first-order valence-electron chi connectivity index (χ1n) is 9.03. The van der Waals surface area contributed by atoms with E-state index in [4.69, 9.17) is 11.6 Å². The van der Waals surface area contributed by atoms with Gasteiger partial charge in [0.25, 0.3) is 5.91 Å². The van der Waals surface area contributed by atoms with Gasteiger partial charge in [-0.3, -0.25) is 9.10 Å². The third-order valence-electron chi connectivity index (χ3n) is 4.22. The molecule has 3 aromatic carbocycles. The lowest BCUT2D eigenvalue weighted by Gasteiger charge is -2.22. The maximum Gasteiger partial charge on any atom is 0.271 e. The van der Waals surface area contributed by atoms with Gasteiger partial charge in [-0.25, -0.2) is 13.8 Å². The fourth-order valence-corrected chi connectivity index (χ4v) is 3.83. The first kappa shape index (κ1) is 21.5. The number of anilines is 1. The van der Waals surface area contributed by atoms with Crippen LogP contribution >= 0.6 is 11.6 Å². The van der Waals surface area contributed by atoms with E-state index in [1.165, 1.54) is 10.5 Å². The second-order valence-corrected chi connectivity index (χ2v) is 8.90. The lowest BCUT2D eigenvalue weighted by atomic mass is 10.2. The Hall–Kier alpha value is -3.16. The van der Waals surface area contributed by atoms with Crippen LogP contribution in [0.1, 0.15) is 21.5 Å². The van der Waals surface area contributed by atoms with E-state index in [1.54, 1.807) is 42.5 Å². The largest absolute Gasteiger partial charge is 0.271 e. The van der Waals surface area contributed by atoms with Crippen LogP contribution in [-0.2, 0) is 16.6 Å². The number of hydrazone groups is 1. The predicted molar refractivity (Wildman–Crippen MR) is 120 cm³/mol. The van der Waals surface area contributed by atoms with E-state index in [1.807, 2.05) is 36.4 Å². The molecule has 30 heavy (non-hydrogen) atoms. The molecule has 154 valence electrons. The summed E-state index contributed by atoms with van der Waals surface area (Å²) in [4.78, 5) is 12.3. The molecule has 8 heteroatoms. The van der Waals surface area contributed by atoms with Crippen LogP contribution in [0.5, 0.6) is 0 Å². The Morgan fingerprint density at radius 2 is 1.73 bits per heavy atom. The summed E-state index contributed by atoms with van der Waals surface area (Å²) in [6, 6.07) is 22.7. The zero-order valence-corrected chi connectivity index (χ0v) is 17.8. The summed E-state index contributed by atoms with van der Waals surface area (Å²) < 4.78 is 25.8. The summed E-state index contributed by atoms with van der Waals surface area (Å²) >= 11 is 5.91. The number of halogens is 1. The van der Waals surface area contributed by atoms with Crippen molar-refractivity contribution in [1.29, 1.82) is 0 Å². The SMILES string of the molecule is CS(=O)(=O)N(Cc1ccccc1)c1ccc(C(=O)NN=Cc2cccc(Cl)c2)cc1. The molecular weight excluding hydrogens is 422 g/mol. The number of hydrogen-bond donors (Lipinski definition) is 1. The Morgan fingerprint density at radius 1 is 1.03 bits per heavy atom. The molecule has 0 fully saturated rings. The van der Waals surface area contributed by atoms with Crippen LogP contribution in [0.4, 0.5) is 5.69 Å².